The molecule has 2 N–H and O–H groups in total. The Hall–Kier alpha value is -3.33. The van der Waals surface area contributed by atoms with Crippen molar-refractivity contribution >= 4 is 27.3 Å². The van der Waals surface area contributed by atoms with E-state index in [-0.39, 0.29) is 21.8 Å². The number of halogens is 2. The highest BCUT2D eigenvalue weighted by molar-refractivity contribution is 7.92. The number of pyridine rings is 1. The van der Waals surface area contributed by atoms with Gasteiger partial charge in [-0.25, -0.2) is 17.2 Å². The molecular weight excluding hydrogens is 388 g/mol. The number of hydrogen-bond donors (Lipinski definition) is 2. The highest BCUT2D eigenvalue weighted by atomic mass is 32.2. The number of aromatic nitrogens is 1. The molecule has 1 amide bonds. The van der Waals surface area contributed by atoms with Crippen LogP contribution in [0.3, 0.4) is 0 Å². The summed E-state index contributed by atoms with van der Waals surface area (Å²) in [6.07, 6.45) is 2.47. The smallest absolute Gasteiger partial charge is 0.261 e. The summed E-state index contributed by atoms with van der Waals surface area (Å²) in [4.78, 5) is 16.2. The molecule has 0 saturated heterocycles. The van der Waals surface area contributed by atoms with Crippen LogP contribution in [0.4, 0.5) is 20.2 Å². The lowest BCUT2D eigenvalue weighted by Crippen LogP contribution is -2.15. The number of carbonyl (C=O) groups is 1. The lowest BCUT2D eigenvalue weighted by Gasteiger charge is -2.10. The van der Waals surface area contributed by atoms with E-state index < -0.39 is 27.6 Å². The third kappa shape index (κ3) is 4.49. The van der Waals surface area contributed by atoms with Gasteiger partial charge in [0.1, 0.15) is 0 Å². The monoisotopic (exact) mass is 403 g/mol. The summed E-state index contributed by atoms with van der Waals surface area (Å²) in [5.41, 5.74) is 1.08. The van der Waals surface area contributed by atoms with Gasteiger partial charge < -0.3 is 5.32 Å². The van der Waals surface area contributed by atoms with Gasteiger partial charge in [-0.15, -0.1) is 0 Å². The Bertz CT molecular complexity index is 1130. The topological polar surface area (TPSA) is 88.2 Å². The highest BCUT2D eigenvalue weighted by Gasteiger charge is 2.16. The van der Waals surface area contributed by atoms with Crippen molar-refractivity contribution in [2.24, 2.45) is 0 Å². The molecule has 1 heterocycles. The van der Waals surface area contributed by atoms with Gasteiger partial charge in [0.05, 0.1) is 22.3 Å². The molecule has 2 aromatic carbocycles. The van der Waals surface area contributed by atoms with Crippen molar-refractivity contribution < 1.29 is 22.0 Å². The van der Waals surface area contributed by atoms with Crippen LogP contribution < -0.4 is 10.0 Å². The molecule has 0 saturated carbocycles. The molecule has 6 nitrogen and oxygen atoms in total. The second-order valence-electron chi connectivity index (χ2n) is 5.96. The van der Waals surface area contributed by atoms with Crippen LogP contribution in [0.25, 0.3) is 0 Å². The minimum Gasteiger partial charge on any atom is -0.322 e. The molecular formula is C19H15F2N3O3S. The van der Waals surface area contributed by atoms with E-state index in [1.807, 2.05) is 6.92 Å². The van der Waals surface area contributed by atoms with E-state index in [2.05, 4.69) is 15.0 Å². The van der Waals surface area contributed by atoms with Gasteiger partial charge in [-0.1, -0.05) is 17.7 Å². The molecule has 0 fully saturated rings. The van der Waals surface area contributed by atoms with Crippen molar-refractivity contribution in [2.45, 2.75) is 11.8 Å². The second-order valence-corrected chi connectivity index (χ2v) is 7.65. The van der Waals surface area contributed by atoms with E-state index >= 15 is 0 Å². The van der Waals surface area contributed by atoms with E-state index in [0.717, 1.165) is 17.7 Å². The minimum atomic E-state index is -3.85. The van der Waals surface area contributed by atoms with Crippen LogP contribution in [0.15, 0.2) is 65.8 Å². The Morgan fingerprint density at radius 2 is 1.64 bits per heavy atom. The summed E-state index contributed by atoms with van der Waals surface area (Å²) < 4.78 is 53.4. The SMILES string of the molecule is Cc1ccc(S(=O)(=O)Nc2cncc(C(=O)Nc3ccc(F)c(F)c3)c2)cc1. The number of aryl methyl sites for hydroxylation is 1. The molecule has 0 aliphatic heterocycles. The largest absolute Gasteiger partial charge is 0.322 e. The first-order valence-electron chi connectivity index (χ1n) is 8.05. The Balaban J connectivity index is 1.78. The fourth-order valence-electron chi connectivity index (χ4n) is 2.33. The third-order valence-corrected chi connectivity index (χ3v) is 5.16. The summed E-state index contributed by atoms with van der Waals surface area (Å²) in [5, 5.41) is 2.39. The molecule has 0 aliphatic carbocycles. The molecule has 144 valence electrons. The number of hydrogen-bond acceptors (Lipinski definition) is 4. The van der Waals surface area contributed by atoms with Crippen LogP contribution >= 0.6 is 0 Å². The zero-order valence-corrected chi connectivity index (χ0v) is 15.4. The summed E-state index contributed by atoms with van der Waals surface area (Å²) in [5.74, 6) is -2.79. The minimum absolute atomic E-state index is 0.0360. The molecule has 0 unspecified atom stereocenters. The first-order chi connectivity index (χ1) is 13.2. The third-order valence-electron chi connectivity index (χ3n) is 3.76. The predicted molar refractivity (Wildman–Crippen MR) is 101 cm³/mol. The summed E-state index contributed by atoms with van der Waals surface area (Å²) in [7, 11) is -3.85. The van der Waals surface area contributed by atoms with Gasteiger partial charge in [-0.3, -0.25) is 14.5 Å². The van der Waals surface area contributed by atoms with Crippen LogP contribution in [0.1, 0.15) is 15.9 Å². The zero-order chi connectivity index (χ0) is 20.3. The first kappa shape index (κ1) is 19.4. The van der Waals surface area contributed by atoms with Gasteiger partial charge >= 0.3 is 0 Å². The molecule has 3 aromatic rings. The van der Waals surface area contributed by atoms with Crippen LogP contribution in [-0.2, 0) is 10.0 Å². The van der Waals surface area contributed by atoms with Crippen molar-refractivity contribution in [3.05, 3.63) is 83.7 Å². The zero-order valence-electron chi connectivity index (χ0n) is 14.6. The Labute approximate surface area is 160 Å². The van der Waals surface area contributed by atoms with Gasteiger partial charge in [0.15, 0.2) is 11.6 Å². The van der Waals surface area contributed by atoms with Crippen molar-refractivity contribution in [3.63, 3.8) is 0 Å². The standard InChI is InChI=1S/C19H15F2N3O3S/c1-12-2-5-16(6-3-12)28(26,27)24-15-8-13(10-22-11-15)19(25)23-14-4-7-17(20)18(21)9-14/h2-11,24H,1H3,(H,23,25). The lowest BCUT2D eigenvalue weighted by atomic mass is 10.2. The van der Waals surface area contributed by atoms with E-state index in [4.69, 9.17) is 0 Å². The number of sulfonamides is 1. The Morgan fingerprint density at radius 3 is 2.32 bits per heavy atom. The molecule has 3 rings (SSSR count). The van der Waals surface area contributed by atoms with E-state index in [0.29, 0.717) is 0 Å². The van der Waals surface area contributed by atoms with Gasteiger partial charge in [0.25, 0.3) is 15.9 Å². The van der Waals surface area contributed by atoms with Crippen LogP contribution in [0.5, 0.6) is 0 Å². The van der Waals surface area contributed by atoms with Crippen LogP contribution in [0.2, 0.25) is 0 Å². The Morgan fingerprint density at radius 1 is 0.929 bits per heavy atom. The van der Waals surface area contributed by atoms with Crippen LogP contribution in [-0.4, -0.2) is 19.3 Å². The molecule has 1 aromatic heterocycles. The summed E-state index contributed by atoms with van der Waals surface area (Å²) >= 11 is 0. The van der Waals surface area contributed by atoms with E-state index in [1.165, 1.54) is 36.7 Å². The number of benzene rings is 2. The first-order valence-corrected chi connectivity index (χ1v) is 9.54. The quantitative estimate of drug-likeness (QED) is 0.680. The fourth-order valence-corrected chi connectivity index (χ4v) is 3.36. The van der Waals surface area contributed by atoms with Crippen molar-refractivity contribution in [1.82, 2.24) is 4.98 Å². The molecule has 0 bridgehead atoms. The van der Waals surface area contributed by atoms with Gasteiger partial charge in [-0.2, -0.15) is 0 Å². The molecule has 28 heavy (non-hydrogen) atoms. The maximum atomic E-state index is 13.3. The highest BCUT2D eigenvalue weighted by Crippen LogP contribution is 2.18. The molecule has 0 radical (unpaired) electrons. The molecule has 0 atom stereocenters. The summed E-state index contributed by atoms with van der Waals surface area (Å²) in [6, 6.07) is 10.5. The number of anilines is 2. The molecule has 0 spiro atoms. The number of rotatable bonds is 5. The predicted octanol–water partition coefficient (Wildman–Crippen LogP) is 3.72. The molecule has 9 heteroatoms. The van der Waals surface area contributed by atoms with Gasteiger partial charge in [0.2, 0.25) is 0 Å². The average molecular weight is 403 g/mol. The number of amides is 1. The Kier molecular flexibility index (Phi) is 5.36. The van der Waals surface area contributed by atoms with Crippen molar-refractivity contribution in [2.75, 3.05) is 10.0 Å². The van der Waals surface area contributed by atoms with Crippen molar-refractivity contribution in [1.29, 1.82) is 0 Å². The van der Waals surface area contributed by atoms with Crippen molar-refractivity contribution in [3.8, 4) is 0 Å². The van der Waals surface area contributed by atoms with Crippen LogP contribution in [0, 0.1) is 18.6 Å². The average Bonchev–Trinajstić information content (AvgIpc) is 2.65. The lowest BCUT2D eigenvalue weighted by molar-refractivity contribution is 0.102. The second kappa shape index (κ2) is 7.73. The van der Waals surface area contributed by atoms with E-state index in [1.54, 1.807) is 12.1 Å². The summed E-state index contributed by atoms with van der Waals surface area (Å²) in [6.45, 7) is 1.84. The van der Waals surface area contributed by atoms with E-state index in [9.17, 15) is 22.0 Å². The number of nitrogens with zero attached hydrogens (tertiary/aromatic N) is 1. The maximum absolute atomic E-state index is 13.3. The fraction of sp³-hybridized carbons (Fsp3) is 0.0526. The van der Waals surface area contributed by atoms with Gasteiger partial charge in [-0.05, 0) is 37.3 Å². The molecule has 0 aliphatic rings. The normalized spacial score (nSPS) is 11.1. The maximum Gasteiger partial charge on any atom is 0.261 e. The number of carbonyl (C=O) groups excluding carboxylic acids is 1. The van der Waals surface area contributed by atoms with Gasteiger partial charge in [0, 0.05) is 18.0 Å². The number of nitrogens with one attached hydrogen (secondary N) is 2.